The third-order valence-corrected chi connectivity index (χ3v) is 9.87. The molecule has 8 rings (SSSR count). The number of aryl methyl sites for hydroxylation is 1. The van der Waals surface area contributed by atoms with Crippen LogP contribution in [0.5, 0.6) is 11.8 Å². The summed E-state index contributed by atoms with van der Waals surface area (Å²) in [5.41, 5.74) is -0.486. The lowest BCUT2D eigenvalue weighted by Gasteiger charge is -2.33. The first-order chi connectivity index (χ1) is 22.3. The van der Waals surface area contributed by atoms with Gasteiger partial charge in [0, 0.05) is 36.2 Å². The fourth-order valence-electron chi connectivity index (χ4n) is 7.67. The molecule has 0 radical (unpaired) electrons. The number of fused-ring (bicyclic) bond motifs is 3. The minimum Gasteiger partial charge on any atom is -0.508 e. The van der Waals surface area contributed by atoms with E-state index in [0.717, 1.165) is 69.3 Å². The lowest BCUT2D eigenvalue weighted by Crippen LogP contribution is -2.43. The predicted molar refractivity (Wildman–Crippen MR) is 165 cm³/mol. The van der Waals surface area contributed by atoms with Crippen LogP contribution in [0.1, 0.15) is 56.1 Å². The lowest BCUT2D eigenvalue weighted by atomic mass is 9.95. The number of nitrogens with zero attached hydrogens (tertiary/aromatic N) is 7. The predicted octanol–water partition coefficient (Wildman–Crippen LogP) is 5.79. The van der Waals surface area contributed by atoms with E-state index in [4.69, 9.17) is 9.72 Å². The largest absolute Gasteiger partial charge is 0.508 e. The van der Waals surface area contributed by atoms with E-state index in [1.165, 1.54) is 24.4 Å². The number of phenols is 1. The maximum absolute atomic E-state index is 16.7. The highest BCUT2D eigenvalue weighted by Gasteiger charge is 2.45. The van der Waals surface area contributed by atoms with Gasteiger partial charge in [0.1, 0.15) is 35.2 Å². The van der Waals surface area contributed by atoms with Gasteiger partial charge in [0.25, 0.3) is 0 Å². The van der Waals surface area contributed by atoms with Crippen LogP contribution in [0.25, 0.3) is 32.9 Å². The smallest absolute Gasteiger partial charge is 0.319 e. The molecule has 238 valence electrons. The molecule has 0 bridgehead atoms. The van der Waals surface area contributed by atoms with E-state index in [1.54, 1.807) is 0 Å². The molecule has 5 aromatic rings. The lowest BCUT2D eigenvalue weighted by molar-refractivity contribution is 0.108. The van der Waals surface area contributed by atoms with Crippen LogP contribution in [0.3, 0.4) is 0 Å². The molecule has 0 amide bonds. The Hall–Kier alpha value is -4.52. The average Bonchev–Trinajstić information content (AvgIpc) is 3.78. The first kappa shape index (κ1) is 28.9. The summed E-state index contributed by atoms with van der Waals surface area (Å²) >= 11 is 0. The van der Waals surface area contributed by atoms with Gasteiger partial charge in [-0.15, -0.1) is 0 Å². The maximum Gasteiger partial charge on any atom is 0.319 e. The molecule has 1 atom stereocenters. The Balaban J connectivity index is 1.25. The number of hydrogen-bond donors (Lipinski definition) is 2. The maximum atomic E-state index is 16.7. The second-order valence-corrected chi connectivity index (χ2v) is 12.7. The van der Waals surface area contributed by atoms with Gasteiger partial charge in [0.15, 0.2) is 23.3 Å². The summed E-state index contributed by atoms with van der Waals surface area (Å²) in [6, 6.07) is 4.82. The molecule has 10 nitrogen and oxygen atoms in total. The van der Waals surface area contributed by atoms with Crippen LogP contribution in [0.4, 0.5) is 19.0 Å². The summed E-state index contributed by atoms with van der Waals surface area (Å²) in [7, 11) is 0. The number of phenolic OH excluding ortho intramolecular Hbond substituents is 1. The summed E-state index contributed by atoms with van der Waals surface area (Å²) in [5, 5.41) is 18.1. The van der Waals surface area contributed by atoms with Crippen molar-refractivity contribution in [3.63, 3.8) is 0 Å². The topological polar surface area (TPSA) is 116 Å². The fourth-order valence-corrected chi connectivity index (χ4v) is 7.67. The van der Waals surface area contributed by atoms with E-state index in [1.807, 2.05) is 6.92 Å². The van der Waals surface area contributed by atoms with Crippen molar-refractivity contribution in [2.45, 2.75) is 56.9 Å². The average molecular weight is 631 g/mol. The van der Waals surface area contributed by atoms with Crippen molar-refractivity contribution in [3.05, 3.63) is 59.6 Å². The van der Waals surface area contributed by atoms with Crippen molar-refractivity contribution in [1.82, 2.24) is 35.0 Å². The zero-order chi connectivity index (χ0) is 31.6. The molecule has 2 aromatic carbocycles. The van der Waals surface area contributed by atoms with Crippen molar-refractivity contribution in [2.75, 3.05) is 37.7 Å². The number of rotatable bonds is 6. The molecule has 3 saturated heterocycles. The van der Waals surface area contributed by atoms with Gasteiger partial charge >= 0.3 is 6.01 Å². The number of nitrogens with one attached hydrogen (secondary N) is 1. The van der Waals surface area contributed by atoms with Gasteiger partial charge in [0.05, 0.1) is 10.9 Å². The number of aromatic hydroxyl groups is 1. The van der Waals surface area contributed by atoms with Crippen LogP contribution in [0, 0.1) is 24.4 Å². The molecule has 3 aromatic heterocycles. The summed E-state index contributed by atoms with van der Waals surface area (Å²) in [6.07, 6.45) is 7.42. The van der Waals surface area contributed by atoms with Crippen molar-refractivity contribution in [1.29, 1.82) is 0 Å². The minimum absolute atomic E-state index is 0.0334. The molecule has 0 aliphatic carbocycles. The van der Waals surface area contributed by atoms with Crippen LogP contribution < -0.4 is 9.64 Å². The Kier molecular flexibility index (Phi) is 6.96. The second-order valence-electron chi connectivity index (χ2n) is 12.7. The fraction of sp³-hybridized carbons (Fsp3) is 0.424. The summed E-state index contributed by atoms with van der Waals surface area (Å²) < 4.78 is 52.5. The highest BCUT2D eigenvalue weighted by molar-refractivity contribution is 6.00. The molecular formula is C33H33F3N8O2. The molecule has 3 aliphatic rings. The third kappa shape index (κ3) is 4.79. The van der Waals surface area contributed by atoms with Crippen LogP contribution in [0.15, 0.2) is 30.5 Å². The first-order valence-electron chi connectivity index (χ1n) is 15.8. The Morgan fingerprint density at radius 1 is 1.02 bits per heavy atom. The first-order valence-corrected chi connectivity index (χ1v) is 15.8. The van der Waals surface area contributed by atoms with Gasteiger partial charge in [-0.2, -0.15) is 15.1 Å². The number of ether oxygens (including phenoxy) is 1. The minimum atomic E-state index is -1.15. The summed E-state index contributed by atoms with van der Waals surface area (Å²) in [6.45, 7) is 5.51. The van der Waals surface area contributed by atoms with Gasteiger partial charge in [-0.05, 0) is 82.1 Å². The standard InChI is InChI=1S/C33H33F3N8O2/c1-18-38-30(42-41-18)20-5-2-10-43(16-20)31-23-15-37-28(22-14-21(45)13-19-6-7-24(34)26(35)25(19)22)27(36)29(23)39-32(40-31)46-17-33-8-3-11-44(33)12-4-9-33/h6-7,13-15,20,45H,2-5,8-12,16-17H2,1H3,(H,38,41,42). The van der Waals surface area contributed by atoms with Crippen molar-refractivity contribution in [3.8, 4) is 23.0 Å². The Labute approximate surface area is 262 Å². The normalized spacial score (nSPS) is 19.7. The number of benzene rings is 2. The Morgan fingerprint density at radius 2 is 1.85 bits per heavy atom. The van der Waals surface area contributed by atoms with Crippen molar-refractivity contribution in [2.24, 2.45) is 0 Å². The summed E-state index contributed by atoms with van der Waals surface area (Å²) in [4.78, 5) is 22.9. The molecule has 13 heteroatoms. The van der Waals surface area contributed by atoms with Gasteiger partial charge in [-0.3, -0.25) is 15.0 Å². The SMILES string of the molecule is Cc1nc(C2CCCN(c3nc(OCC45CCCN4CCC5)nc4c(F)c(-c5cc(O)cc6ccc(F)c(F)c56)ncc34)C2)n[nH]1. The van der Waals surface area contributed by atoms with E-state index < -0.39 is 17.5 Å². The van der Waals surface area contributed by atoms with E-state index in [2.05, 4.69) is 34.9 Å². The quantitative estimate of drug-likeness (QED) is 0.241. The monoisotopic (exact) mass is 630 g/mol. The van der Waals surface area contributed by atoms with E-state index in [0.29, 0.717) is 30.9 Å². The van der Waals surface area contributed by atoms with Crippen LogP contribution in [-0.2, 0) is 0 Å². The van der Waals surface area contributed by atoms with E-state index >= 15 is 8.78 Å². The molecular weight excluding hydrogens is 597 g/mol. The number of pyridine rings is 1. The molecule has 2 N–H and O–H groups in total. The zero-order valence-electron chi connectivity index (χ0n) is 25.4. The van der Waals surface area contributed by atoms with Gasteiger partial charge < -0.3 is 14.7 Å². The molecule has 0 saturated carbocycles. The molecule has 1 unspecified atom stereocenters. The van der Waals surface area contributed by atoms with Gasteiger partial charge in [-0.25, -0.2) is 18.2 Å². The van der Waals surface area contributed by atoms with Gasteiger partial charge in [0.2, 0.25) is 0 Å². The Morgan fingerprint density at radius 3 is 2.63 bits per heavy atom. The number of H-pyrrole nitrogens is 1. The zero-order valence-corrected chi connectivity index (χ0v) is 25.4. The highest BCUT2D eigenvalue weighted by Crippen LogP contribution is 2.41. The third-order valence-electron chi connectivity index (χ3n) is 9.87. The van der Waals surface area contributed by atoms with Crippen LogP contribution in [-0.4, -0.2) is 78.5 Å². The number of halogens is 3. The molecule has 46 heavy (non-hydrogen) atoms. The van der Waals surface area contributed by atoms with E-state index in [-0.39, 0.29) is 50.8 Å². The highest BCUT2D eigenvalue weighted by atomic mass is 19.2. The van der Waals surface area contributed by atoms with Gasteiger partial charge in [-0.1, -0.05) is 6.07 Å². The Bertz CT molecular complexity index is 1970. The molecule has 6 heterocycles. The molecule has 3 aliphatic heterocycles. The number of anilines is 1. The number of aromatic amines is 1. The van der Waals surface area contributed by atoms with Crippen molar-refractivity contribution >= 4 is 27.5 Å². The van der Waals surface area contributed by atoms with Crippen LogP contribution >= 0.6 is 0 Å². The van der Waals surface area contributed by atoms with E-state index in [9.17, 15) is 9.50 Å². The van der Waals surface area contributed by atoms with Crippen LogP contribution in [0.2, 0.25) is 0 Å². The second kappa shape index (κ2) is 11.1. The number of hydrogen-bond acceptors (Lipinski definition) is 9. The number of piperidine rings is 1. The number of aromatic nitrogens is 6. The summed E-state index contributed by atoms with van der Waals surface area (Å²) in [5.74, 6) is -1.37. The van der Waals surface area contributed by atoms with Crippen molar-refractivity contribution < 1.29 is 23.0 Å². The molecule has 3 fully saturated rings. The molecule has 0 spiro atoms.